The summed E-state index contributed by atoms with van der Waals surface area (Å²) >= 11 is 0. The average Bonchev–Trinajstić information content (AvgIpc) is 3.15. The van der Waals surface area contributed by atoms with E-state index in [9.17, 15) is 0 Å². The van der Waals surface area contributed by atoms with Crippen LogP contribution in [0.4, 0.5) is 0 Å². The monoisotopic (exact) mass is 324 g/mol. The highest BCUT2D eigenvalue weighted by Crippen LogP contribution is 2.19. The Hall–Kier alpha value is -0.810. The SMILES string of the molecule is CCNC(=NC[C@H]1CCCN1CC(C)C)N(C)CC1CCOC1. The molecular formula is C18H36N4O. The first-order valence-corrected chi connectivity index (χ1v) is 9.41. The molecule has 5 nitrogen and oxygen atoms in total. The lowest BCUT2D eigenvalue weighted by molar-refractivity contribution is 0.181. The third kappa shape index (κ3) is 5.96. The predicted octanol–water partition coefficient (Wildman–Crippen LogP) is 2.04. The summed E-state index contributed by atoms with van der Waals surface area (Å²) < 4.78 is 5.50. The first-order valence-electron chi connectivity index (χ1n) is 9.41. The summed E-state index contributed by atoms with van der Waals surface area (Å²) in [5.74, 6) is 2.43. The Morgan fingerprint density at radius 3 is 2.87 bits per heavy atom. The number of hydrogen-bond acceptors (Lipinski definition) is 3. The molecule has 0 saturated carbocycles. The molecule has 0 amide bonds. The number of guanidine groups is 1. The summed E-state index contributed by atoms with van der Waals surface area (Å²) in [6, 6.07) is 0.620. The molecule has 0 spiro atoms. The lowest BCUT2D eigenvalue weighted by atomic mass is 10.1. The Kier molecular flexibility index (Phi) is 7.63. The van der Waals surface area contributed by atoms with Crippen LogP contribution in [0.1, 0.15) is 40.0 Å². The van der Waals surface area contributed by atoms with Gasteiger partial charge in [0.25, 0.3) is 0 Å². The average molecular weight is 325 g/mol. The molecule has 2 aliphatic heterocycles. The Morgan fingerprint density at radius 1 is 1.39 bits per heavy atom. The zero-order valence-electron chi connectivity index (χ0n) is 15.6. The summed E-state index contributed by atoms with van der Waals surface area (Å²) in [6.07, 6.45) is 3.78. The molecule has 0 aromatic carbocycles. The second-order valence-corrected chi connectivity index (χ2v) is 7.49. The molecule has 134 valence electrons. The van der Waals surface area contributed by atoms with E-state index < -0.39 is 0 Å². The van der Waals surface area contributed by atoms with E-state index in [1.807, 2.05) is 0 Å². The number of ether oxygens (including phenoxy) is 1. The van der Waals surface area contributed by atoms with Crippen molar-refractivity contribution in [2.45, 2.75) is 46.1 Å². The fraction of sp³-hybridized carbons (Fsp3) is 0.944. The molecule has 2 fully saturated rings. The van der Waals surface area contributed by atoms with Crippen molar-refractivity contribution in [3.63, 3.8) is 0 Å². The van der Waals surface area contributed by atoms with Crippen LogP contribution in [0.5, 0.6) is 0 Å². The van der Waals surface area contributed by atoms with Crippen LogP contribution in [-0.2, 0) is 4.74 Å². The van der Waals surface area contributed by atoms with E-state index in [4.69, 9.17) is 9.73 Å². The van der Waals surface area contributed by atoms with Gasteiger partial charge >= 0.3 is 0 Å². The van der Waals surface area contributed by atoms with E-state index in [1.54, 1.807) is 0 Å². The molecule has 1 unspecified atom stereocenters. The molecule has 0 aromatic rings. The van der Waals surface area contributed by atoms with Crippen LogP contribution in [0.25, 0.3) is 0 Å². The Balaban J connectivity index is 1.88. The van der Waals surface area contributed by atoms with Crippen molar-refractivity contribution in [3.05, 3.63) is 0 Å². The standard InChI is InChI=1S/C18H36N4O/c1-5-19-18(21(4)13-16-8-10-23-14-16)20-11-17-7-6-9-22(17)12-15(2)3/h15-17H,5-14H2,1-4H3,(H,19,20)/t16?,17-/m1/s1. The fourth-order valence-electron chi connectivity index (χ4n) is 3.67. The molecule has 2 atom stereocenters. The van der Waals surface area contributed by atoms with Gasteiger partial charge in [-0.05, 0) is 38.6 Å². The molecule has 0 radical (unpaired) electrons. The molecule has 2 rings (SSSR count). The van der Waals surface area contributed by atoms with E-state index in [1.165, 1.54) is 32.4 Å². The number of nitrogens with zero attached hydrogens (tertiary/aromatic N) is 3. The summed E-state index contributed by atoms with van der Waals surface area (Å²) in [5.41, 5.74) is 0. The second-order valence-electron chi connectivity index (χ2n) is 7.49. The Labute approximate surface area is 142 Å². The van der Waals surface area contributed by atoms with Crippen molar-refractivity contribution in [1.29, 1.82) is 0 Å². The first kappa shape index (κ1) is 18.5. The van der Waals surface area contributed by atoms with E-state index in [0.717, 1.165) is 44.7 Å². The highest BCUT2D eigenvalue weighted by Gasteiger charge is 2.25. The normalized spacial score (nSPS) is 26.2. The van der Waals surface area contributed by atoms with Crippen molar-refractivity contribution in [2.75, 3.05) is 53.0 Å². The van der Waals surface area contributed by atoms with Crippen molar-refractivity contribution in [3.8, 4) is 0 Å². The second kappa shape index (κ2) is 9.48. The zero-order valence-corrected chi connectivity index (χ0v) is 15.6. The van der Waals surface area contributed by atoms with Gasteiger partial charge in [-0.1, -0.05) is 13.8 Å². The van der Waals surface area contributed by atoms with E-state index >= 15 is 0 Å². The lowest BCUT2D eigenvalue weighted by Crippen LogP contribution is -2.42. The minimum absolute atomic E-state index is 0.620. The van der Waals surface area contributed by atoms with Gasteiger partial charge in [-0.3, -0.25) is 9.89 Å². The van der Waals surface area contributed by atoms with Gasteiger partial charge in [0.1, 0.15) is 0 Å². The summed E-state index contributed by atoms with van der Waals surface area (Å²) in [5, 5.41) is 3.45. The van der Waals surface area contributed by atoms with Gasteiger partial charge in [-0.25, -0.2) is 0 Å². The molecule has 0 aliphatic carbocycles. The fourth-order valence-corrected chi connectivity index (χ4v) is 3.67. The van der Waals surface area contributed by atoms with Crippen LogP contribution in [-0.4, -0.2) is 74.8 Å². The largest absolute Gasteiger partial charge is 0.381 e. The quantitative estimate of drug-likeness (QED) is 0.575. The molecular weight excluding hydrogens is 288 g/mol. The molecule has 2 heterocycles. The van der Waals surface area contributed by atoms with Crippen molar-refractivity contribution in [2.24, 2.45) is 16.8 Å². The molecule has 23 heavy (non-hydrogen) atoms. The first-order chi connectivity index (χ1) is 11.1. The van der Waals surface area contributed by atoms with Crippen LogP contribution in [0.15, 0.2) is 4.99 Å². The number of hydrogen-bond donors (Lipinski definition) is 1. The summed E-state index contributed by atoms with van der Waals surface area (Å²) in [6.45, 7) is 13.9. The Bertz CT molecular complexity index is 366. The number of rotatable bonds is 7. The summed E-state index contributed by atoms with van der Waals surface area (Å²) in [7, 11) is 2.15. The van der Waals surface area contributed by atoms with E-state index in [0.29, 0.717) is 12.0 Å². The summed E-state index contributed by atoms with van der Waals surface area (Å²) in [4.78, 5) is 9.85. The van der Waals surface area contributed by atoms with Crippen LogP contribution in [0.2, 0.25) is 0 Å². The number of nitrogens with one attached hydrogen (secondary N) is 1. The maximum atomic E-state index is 5.50. The Morgan fingerprint density at radius 2 is 2.22 bits per heavy atom. The minimum Gasteiger partial charge on any atom is -0.381 e. The number of aliphatic imine (C=N–C) groups is 1. The van der Waals surface area contributed by atoms with Crippen molar-refractivity contribution in [1.82, 2.24) is 15.1 Å². The van der Waals surface area contributed by atoms with Gasteiger partial charge in [0, 0.05) is 45.2 Å². The molecule has 0 bridgehead atoms. The van der Waals surface area contributed by atoms with Crippen molar-refractivity contribution >= 4 is 5.96 Å². The molecule has 2 saturated heterocycles. The maximum absolute atomic E-state index is 5.50. The number of likely N-dealkylation sites (tertiary alicyclic amines) is 1. The smallest absolute Gasteiger partial charge is 0.193 e. The van der Waals surface area contributed by atoms with Crippen LogP contribution >= 0.6 is 0 Å². The minimum atomic E-state index is 0.620. The van der Waals surface area contributed by atoms with Crippen LogP contribution in [0.3, 0.4) is 0 Å². The van der Waals surface area contributed by atoms with Crippen molar-refractivity contribution < 1.29 is 4.74 Å². The van der Waals surface area contributed by atoms with Crippen LogP contribution in [0, 0.1) is 11.8 Å². The molecule has 2 aliphatic rings. The molecule has 0 aromatic heterocycles. The zero-order chi connectivity index (χ0) is 16.7. The topological polar surface area (TPSA) is 40.1 Å². The van der Waals surface area contributed by atoms with Gasteiger partial charge in [0.15, 0.2) is 5.96 Å². The van der Waals surface area contributed by atoms with Gasteiger partial charge in [-0.15, -0.1) is 0 Å². The van der Waals surface area contributed by atoms with Gasteiger partial charge in [0.05, 0.1) is 13.2 Å². The highest BCUT2D eigenvalue weighted by molar-refractivity contribution is 5.79. The molecule has 1 N–H and O–H groups in total. The van der Waals surface area contributed by atoms with Gasteiger partial charge in [-0.2, -0.15) is 0 Å². The lowest BCUT2D eigenvalue weighted by Gasteiger charge is -2.27. The molecule has 5 heteroatoms. The third-order valence-electron chi connectivity index (χ3n) is 4.80. The van der Waals surface area contributed by atoms with Gasteiger partial charge in [0.2, 0.25) is 0 Å². The van der Waals surface area contributed by atoms with Crippen LogP contribution < -0.4 is 5.32 Å². The van der Waals surface area contributed by atoms with E-state index in [-0.39, 0.29) is 0 Å². The highest BCUT2D eigenvalue weighted by atomic mass is 16.5. The van der Waals surface area contributed by atoms with E-state index in [2.05, 4.69) is 42.9 Å². The predicted molar refractivity (Wildman–Crippen MR) is 97.0 cm³/mol. The third-order valence-corrected chi connectivity index (χ3v) is 4.80. The van der Waals surface area contributed by atoms with Gasteiger partial charge < -0.3 is 15.0 Å². The maximum Gasteiger partial charge on any atom is 0.193 e.